The van der Waals surface area contributed by atoms with Crippen LogP contribution in [0, 0.1) is 6.92 Å². The Bertz CT molecular complexity index is 382. The van der Waals surface area contributed by atoms with Crippen molar-refractivity contribution in [3.8, 4) is 0 Å². The van der Waals surface area contributed by atoms with Crippen LogP contribution in [0.25, 0.3) is 0 Å². The summed E-state index contributed by atoms with van der Waals surface area (Å²) in [6, 6.07) is 1.20. The third-order valence-corrected chi connectivity index (χ3v) is 2.12. The predicted octanol–water partition coefficient (Wildman–Crippen LogP) is 2.79. The van der Waals surface area contributed by atoms with Gasteiger partial charge in [-0.3, -0.25) is 0 Å². The van der Waals surface area contributed by atoms with Crippen LogP contribution in [0.3, 0.4) is 0 Å². The summed E-state index contributed by atoms with van der Waals surface area (Å²) in [5.74, 6) is -1.24. The van der Waals surface area contributed by atoms with Gasteiger partial charge in [0, 0.05) is 0 Å². The molecule has 0 aliphatic rings. The predicted molar refractivity (Wildman–Crippen MR) is 48.6 cm³/mol. The molecule has 0 unspecified atom stereocenters. The topological polar surface area (TPSA) is 50.2 Å². The van der Waals surface area contributed by atoms with Crippen molar-refractivity contribution in [2.45, 2.75) is 13.3 Å². The molecule has 1 aromatic rings. The number of pyridine rings is 1. The van der Waals surface area contributed by atoms with Crippen molar-refractivity contribution in [3.05, 3.63) is 27.5 Å². The number of carboxylic acids is 1. The minimum absolute atomic E-state index is 0.00398. The zero-order valence-electron chi connectivity index (χ0n) is 7.09. The first-order valence-electron chi connectivity index (χ1n) is 3.62. The zero-order chi connectivity index (χ0) is 10.9. The van der Waals surface area contributed by atoms with E-state index in [1.54, 1.807) is 0 Å². The van der Waals surface area contributed by atoms with Crippen LogP contribution in [-0.4, -0.2) is 16.1 Å². The number of alkyl halides is 2. The summed E-state index contributed by atoms with van der Waals surface area (Å²) in [6.07, 6.45) is -2.77. The molecule has 0 fully saturated rings. The van der Waals surface area contributed by atoms with Crippen LogP contribution in [0.2, 0.25) is 0 Å². The molecular weight excluding hydrogens is 260 g/mol. The maximum absolute atomic E-state index is 12.4. The van der Waals surface area contributed by atoms with Crippen LogP contribution in [0.5, 0.6) is 0 Å². The highest BCUT2D eigenvalue weighted by atomic mass is 79.9. The van der Waals surface area contributed by atoms with Crippen molar-refractivity contribution in [2.75, 3.05) is 0 Å². The second kappa shape index (κ2) is 4.00. The van der Waals surface area contributed by atoms with Gasteiger partial charge in [-0.05, 0) is 34.5 Å². The number of nitrogens with zero attached hydrogens (tertiary/aromatic N) is 1. The van der Waals surface area contributed by atoms with E-state index in [0.29, 0.717) is 0 Å². The van der Waals surface area contributed by atoms with Gasteiger partial charge >= 0.3 is 5.97 Å². The Morgan fingerprint density at radius 3 is 2.64 bits per heavy atom. The molecule has 1 heterocycles. The number of carboxylic acid groups (broad SMARTS) is 1. The van der Waals surface area contributed by atoms with Gasteiger partial charge in [0.25, 0.3) is 6.43 Å². The first kappa shape index (κ1) is 11.0. The van der Waals surface area contributed by atoms with Crippen molar-refractivity contribution in [1.82, 2.24) is 4.98 Å². The molecule has 0 saturated carbocycles. The highest BCUT2D eigenvalue weighted by Crippen LogP contribution is 2.25. The molecule has 6 heteroatoms. The van der Waals surface area contributed by atoms with E-state index in [-0.39, 0.29) is 15.7 Å². The summed E-state index contributed by atoms with van der Waals surface area (Å²) in [7, 11) is 0. The minimum atomic E-state index is -2.77. The average molecular weight is 266 g/mol. The molecule has 3 nitrogen and oxygen atoms in total. The van der Waals surface area contributed by atoms with Crippen LogP contribution in [0.1, 0.15) is 28.0 Å². The Morgan fingerprint density at radius 1 is 1.64 bits per heavy atom. The SMILES string of the molecule is Cc1c(C(=O)O)cc(Br)nc1C(F)F. The van der Waals surface area contributed by atoms with Crippen LogP contribution < -0.4 is 0 Å². The monoisotopic (exact) mass is 265 g/mol. The van der Waals surface area contributed by atoms with Gasteiger partial charge in [-0.25, -0.2) is 18.6 Å². The summed E-state index contributed by atoms with van der Waals surface area (Å²) in [6.45, 7) is 1.31. The molecule has 14 heavy (non-hydrogen) atoms. The molecule has 76 valence electrons. The third-order valence-electron chi connectivity index (χ3n) is 1.72. The summed E-state index contributed by atoms with van der Waals surface area (Å²) in [5.41, 5.74) is -0.672. The van der Waals surface area contributed by atoms with E-state index in [0.717, 1.165) is 0 Å². The van der Waals surface area contributed by atoms with Gasteiger partial charge in [0.1, 0.15) is 10.3 Å². The maximum atomic E-state index is 12.4. The summed E-state index contributed by atoms with van der Waals surface area (Å²) in [5, 5.41) is 8.70. The van der Waals surface area contributed by atoms with Gasteiger partial charge in [-0.2, -0.15) is 0 Å². The van der Waals surface area contributed by atoms with Crippen LogP contribution in [0.15, 0.2) is 10.7 Å². The normalized spacial score (nSPS) is 10.6. The van der Waals surface area contributed by atoms with Crippen molar-refractivity contribution in [3.63, 3.8) is 0 Å². The van der Waals surface area contributed by atoms with Gasteiger partial charge < -0.3 is 5.11 Å². The van der Waals surface area contributed by atoms with Gasteiger partial charge in [0.2, 0.25) is 0 Å². The molecule has 0 amide bonds. The Morgan fingerprint density at radius 2 is 2.21 bits per heavy atom. The van der Waals surface area contributed by atoms with E-state index in [2.05, 4.69) is 20.9 Å². The van der Waals surface area contributed by atoms with Crippen molar-refractivity contribution in [2.24, 2.45) is 0 Å². The van der Waals surface area contributed by atoms with Crippen LogP contribution in [0.4, 0.5) is 8.78 Å². The maximum Gasteiger partial charge on any atom is 0.336 e. The summed E-state index contributed by atoms with van der Waals surface area (Å²) in [4.78, 5) is 14.2. The lowest BCUT2D eigenvalue weighted by molar-refractivity contribution is 0.0695. The molecule has 0 atom stereocenters. The zero-order valence-corrected chi connectivity index (χ0v) is 8.68. The molecule has 0 aliphatic heterocycles. The number of rotatable bonds is 2. The quantitative estimate of drug-likeness (QED) is 0.837. The van der Waals surface area contributed by atoms with Crippen molar-refractivity contribution < 1.29 is 18.7 Å². The van der Waals surface area contributed by atoms with Gasteiger partial charge in [0.05, 0.1) is 5.56 Å². The van der Waals surface area contributed by atoms with Gasteiger partial charge in [0.15, 0.2) is 0 Å². The molecule has 1 aromatic heterocycles. The Hall–Kier alpha value is -1.04. The highest BCUT2D eigenvalue weighted by Gasteiger charge is 2.19. The number of hydrogen-bond acceptors (Lipinski definition) is 2. The fraction of sp³-hybridized carbons (Fsp3) is 0.250. The lowest BCUT2D eigenvalue weighted by atomic mass is 10.1. The number of halogens is 3. The fourth-order valence-electron chi connectivity index (χ4n) is 1.03. The van der Waals surface area contributed by atoms with E-state index in [9.17, 15) is 13.6 Å². The van der Waals surface area contributed by atoms with Crippen molar-refractivity contribution in [1.29, 1.82) is 0 Å². The highest BCUT2D eigenvalue weighted by molar-refractivity contribution is 9.10. The van der Waals surface area contributed by atoms with Gasteiger partial charge in [-0.1, -0.05) is 0 Å². The van der Waals surface area contributed by atoms with E-state index in [1.807, 2.05) is 0 Å². The number of aromatic nitrogens is 1. The molecule has 0 saturated heterocycles. The van der Waals surface area contributed by atoms with Crippen molar-refractivity contribution >= 4 is 21.9 Å². The Kier molecular flexibility index (Phi) is 3.15. The number of aromatic carboxylic acids is 1. The fourth-order valence-corrected chi connectivity index (χ4v) is 1.45. The molecule has 0 spiro atoms. The smallest absolute Gasteiger partial charge is 0.336 e. The van der Waals surface area contributed by atoms with E-state index in [4.69, 9.17) is 5.11 Å². The molecular formula is C8H6BrF2NO2. The third kappa shape index (κ3) is 2.06. The first-order chi connectivity index (χ1) is 6.43. The summed E-state index contributed by atoms with van der Waals surface area (Å²) < 4.78 is 24.8. The molecule has 0 bridgehead atoms. The second-order valence-electron chi connectivity index (χ2n) is 2.61. The van der Waals surface area contributed by atoms with E-state index < -0.39 is 18.1 Å². The molecule has 1 N–H and O–H groups in total. The Labute approximate surface area is 86.9 Å². The lowest BCUT2D eigenvalue weighted by Crippen LogP contribution is -2.05. The molecule has 0 radical (unpaired) electrons. The average Bonchev–Trinajstić information content (AvgIpc) is 2.07. The van der Waals surface area contributed by atoms with Crippen LogP contribution in [-0.2, 0) is 0 Å². The largest absolute Gasteiger partial charge is 0.478 e. The Balaban J connectivity index is 3.40. The molecule has 1 rings (SSSR count). The molecule has 0 aliphatic carbocycles. The van der Waals surface area contributed by atoms with E-state index >= 15 is 0 Å². The minimum Gasteiger partial charge on any atom is -0.478 e. The van der Waals surface area contributed by atoms with Crippen LogP contribution >= 0.6 is 15.9 Å². The number of carbonyl (C=O) groups is 1. The van der Waals surface area contributed by atoms with E-state index in [1.165, 1.54) is 13.0 Å². The number of hydrogen-bond donors (Lipinski definition) is 1. The summed E-state index contributed by atoms with van der Waals surface area (Å²) >= 11 is 2.88. The van der Waals surface area contributed by atoms with Gasteiger partial charge in [-0.15, -0.1) is 0 Å². The first-order valence-corrected chi connectivity index (χ1v) is 4.41. The lowest BCUT2D eigenvalue weighted by Gasteiger charge is -2.07. The second-order valence-corrected chi connectivity index (χ2v) is 3.42. The molecule has 0 aromatic carbocycles. The standard InChI is InChI=1S/C8H6BrF2NO2/c1-3-4(8(13)14)2-5(9)12-6(3)7(10)11/h2,7H,1H3,(H,13,14).